The van der Waals surface area contributed by atoms with Gasteiger partial charge in [0.15, 0.2) is 0 Å². The maximum atomic E-state index is 5.41. The van der Waals surface area contributed by atoms with E-state index in [1.807, 2.05) is 6.08 Å². The van der Waals surface area contributed by atoms with Crippen LogP contribution in [0.25, 0.3) is 0 Å². The Bertz CT molecular complexity index is 246. The minimum atomic E-state index is 0.346. The fourth-order valence-corrected chi connectivity index (χ4v) is 1.88. The zero-order valence-electron chi connectivity index (χ0n) is 10.3. The maximum absolute atomic E-state index is 5.41. The van der Waals surface area contributed by atoms with E-state index in [1.54, 1.807) is 5.57 Å². The summed E-state index contributed by atoms with van der Waals surface area (Å²) in [5, 5.41) is 0. The minimum Gasteiger partial charge on any atom is -0.327 e. The van der Waals surface area contributed by atoms with Gasteiger partial charge in [-0.25, -0.2) is 0 Å². The van der Waals surface area contributed by atoms with Gasteiger partial charge in [-0.1, -0.05) is 44.6 Å². The third-order valence-electron chi connectivity index (χ3n) is 2.92. The van der Waals surface area contributed by atoms with Crippen molar-refractivity contribution in [3.8, 4) is 0 Å². The van der Waals surface area contributed by atoms with Crippen LogP contribution in [0.2, 0.25) is 0 Å². The van der Waals surface area contributed by atoms with E-state index in [-0.39, 0.29) is 0 Å². The summed E-state index contributed by atoms with van der Waals surface area (Å²) in [7, 11) is 0. The SMILES string of the molecule is CC(C)(C)C1=CCN(C/C=C/CN)CC1. The van der Waals surface area contributed by atoms with E-state index in [0.717, 1.165) is 13.1 Å². The average Bonchev–Trinajstić information content (AvgIpc) is 2.18. The average molecular weight is 208 g/mol. The Hall–Kier alpha value is -0.600. The first kappa shape index (κ1) is 12.5. The molecule has 1 aliphatic rings. The van der Waals surface area contributed by atoms with E-state index in [0.29, 0.717) is 12.0 Å². The predicted molar refractivity (Wildman–Crippen MR) is 66.8 cm³/mol. The third kappa shape index (κ3) is 4.18. The highest BCUT2D eigenvalue weighted by atomic mass is 15.1. The highest BCUT2D eigenvalue weighted by molar-refractivity contribution is 5.14. The summed E-state index contributed by atoms with van der Waals surface area (Å²) in [4.78, 5) is 2.45. The molecule has 0 amide bonds. The molecule has 0 saturated carbocycles. The fraction of sp³-hybridized carbons (Fsp3) is 0.692. The molecule has 1 rings (SSSR count). The predicted octanol–water partition coefficient (Wildman–Crippen LogP) is 2.18. The van der Waals surface area contributed by atoms with Crippen molar-refractivity contribution in [1.29, 1.82) is 0 Å². The monoisotopic (exact) mass is 208 g/mol. The molecule has 0 aliphatic carbocycles. The molecule has 1 aliphatic heterocycles. The molecule has 15 heavy (non-hydrogen) atoms. The Kier molecular flexibility index (Phi) is 4.55. The maximum Gasteiger partial charge on any atom is 0.0169 e. The molecule has 86 valence electrons. The molecule has 0 aromatic carbocycles. The van der Waals surface area contributed by atoms with Crippen LogP contribution in [0.15, 0.2) is 23.8 Å². The van der Waals surface area contributed by atoms with Crippen LogP contribution in [-0.4, -0.2) is 31.1 Å². The van der Waals surface area contributed by atoms with Crippen molar-refractivity contribution < 1.29 is 0 Å². The van der Waals surface area contributed by atoms with Gasteiger partial charge >= 0.3 is 0 Å². The first-order valence-corrected chi connectivity index (χ1v) is 5.81. The van der Waals surface area contributed by atoms with Gasteiger partial charge in [0.1, 0.15) is 0 Å². The van der Waals surface area contributed by atoms with Crippen molar-refractivity contribution in [2.45, 2.75) is 27.2 Å². The Balaban J connectivity index is 2.41. The lowest BCUT2D eigenvalue weighted by Crippen LogP contribution is -2.31. The topological polar surface area (TPSA) is 29.3 Å². The van der Waals surface area contributed by atoms with Gasteiger partial charge in [-0.2, -0.15) is 0 Å². The fourth-order valence-electron chi connectivity index (χ4n) is 1.88. The summed E-state index contributed by atoms with van der Waals surface area (Å²) in [5.41, 5.74) is 7.35. The second kappa shape index (κ2) is 5.47. The van der Waals surface area contributed by atoms with Crippen molar-refractivity contribution in [2.75, 3.05) is 26.2 Å². The van der Waals surface area contributed by atoms with Crippen LogP contribution in [-0.2, 0) is 0 Å². The normalized spacial score (nSPS) is 19.6. The van der Waals surface area contributed by atoms with Crippen molar-refractivity contribution in [2.24, 2.45) is 11.1 Å². The molecule has 0 spiro atoms. The standard InChI is InChI=1S/C13H24N2/c1-13(2,3)12-6-10-15(11-7-12)9-5-4-8-14/h4-6H,7-11,14H2,1-3H3/b5-4+. The Labute approximate surface area is 93.8 Å². The molecule has 0 aromatic rings. The first-order chi connectivity index (χ1) is 7.04. The van der Waals surface area contributed by atoms with Gasteiger partial charge < -0.3 is 5.73 Å². The molecule has 0 radical (unpaired) electrons. The molecule has 2 N–H and O–H groups in total. The lowest BCUT2D eigenvalue weighted by atomic mass is 9.83. The lowest BCUT2D eigenvalue weighted by Gasteiger charge is -2.31. The van der Waals surface area contributed by atoms with E-state index in [1.165, 1.54) is 13.0 Å². The third-order valence-corrected chi connectivity index (χ3v) is 2.92. The molecule has 0 bridgehead atoms. The number of hydrogen-bond donors (Lipinski definition) is 1. The summed E-state index contributed by atoms with van der Waals surface area (Å²) >= 11 is 0. The molecular formula is C13H24N2. The molecule has 2 nitrogen and oxygen atoms in total. The van der Waals surface area contributed by atoms with Crippen LogP contribution in [0, 0.1) is 5.41 Å². The van der Waals surface area contributed by atoms with Gasteiger partial charge in [0.2, 0.25) is 0 Å². The number of rotatable bonds is 3. The molecule has 0 fully saturated rings. The Morgan fingerprint density at radius 3 is 2.60 bits per heavy atom. The van der Waals surface area contributed by atoms with Crippen LogP contribution >= 0.6 is 0 Å². The van der Waals surface area contributed by atoms with E-state index < -0.39 is 0 Å². The molecule has 1 heterocycles. The Morgan fingerprint density at radius 2 is 2.13 bits per heavy atom. The molecule has 0 unspecified atom stereocenters. The van der Waals surface area contributed by atoms with Gasteiger partial charge in [0, 0.05) is 26.2 Å². The van der Waals surface area contributed by atoms with Gasteiger partial charge in [0.05, 0.1) is 0 Å². The Morgan fingerprint density at radius 1 is 1.40 bits per heavy atom. The summed E-state index contributed by atoms with van der Waals surface area (Å²) in [6, 6.07) is 0. The second-order valence-corrected chi connectivity index (χ2v) is 5.20. The molecule has 0 atom stereocenters. The number of hydrogen-bond acceptors (Lipinski definition) is 2. The van der Waals surface area contributed by atoms with Crippen molar-refractivity contribution in [1.82, 2.24) is 4.90 Å². The largest absolute Gasteiger partial charge is 0.327 e. The van der Waals surface area contributed by atoms with E-state index in [4.69, 9.17) is 5.73 Å². The van der Waals surface area contributed by atoms with Crippen LogP contribution in [0.4, 0.5) is 0 Å². The minimum absolute atomic E-state index is 0.346. The quantitative estimate of drug-likeness (QED) is 0.720. The second-order valence-electron chi connectivity index (χ2n) is 5.20. The van der Waals surface area contributed by atoms with Gasteiger partial charge in [0.25, 0.3) is 0 Å². The van der Waals surface area contributed by atoms with E-state index >= 15 is 0 Å². The van der Waals surface area contributed by atoms with Crippen molar-refractivity contribution in [3.05, 3.63) is 23.8 Å². The summed E-state index contributed by atoms with van der Waals surface area (Å²) in [6.07, 6.45) is 7.79. The number of nitrogens with zero attached hydrogens (tertiary/aromatic N) is 1. The lowest BCUT2D eigenvalue weighted by molar-refractivity contribution is 0.305. The smallest absolute Gasteiger partial charge is 0.0169 e. The van der Waals surface area contributed by atoms with Gasteiger partial charge in [-0.05, 0) is 11.8 Å². The summed E-state index contributed by atoms with van der Waals surface area (Å²) in [6.45, 7) is 10.8. The van der Waals surface area contributed by atoms with Gasteiger partial charge in [-0.3, -0.25) is 4.90 Å². The number of nitrogens with two attached hydrogens (primary N) is 1. The molecule has 0 saturated heterocycles. The highest BCUT2D eigenvalue weighted by Gasteiger charge is 2.20. The van der Waals surface area contributed by atoms with Crippen molar-refractivity contribution in [3.63, 3.8) is 0 Å². The summed E-state index contributed by atoms with van der Waals surface area (Å²) in [5.74, 6) is 0. The molecular weight excluding hydrogens is 184 g/mol. The highest BCUT2D eigenvalue weighted by Crippen LogP contribution is 2.29. The van der Waals surface area contributed by atoms with E-state index in [2.05, 4.69) is 37.8 Å². The van der Waals surface area contributed by atoms with Crippen molar-refractivity contribution >= 4 is 0 Å². The first-order valence-electron chi connectivity index (χ1n) is 5.81. The van der Waals surface area contributed by atoms with Crippen LogP contribution in [0.5, 0.6) is 0 Å². The van der Waals surface area contributed by atoms with Crippen LogP contribution in [0.1, 0.15) is 27.2 Å². The zero-order chi connectivity index (χ0) is 11.3. The summed E-state index contributed by atoms with van der Waals surface area (Å²) < 4.78 is 0. The van der Waals surface area contributed by atoms with E-state index in [9.17, 15) is 0 Å². The van der Waals surface area contributed by atoms with Crippen LogP contribution < -0.4 is 5.73 Å². The molecule has 2 heteroatoms. The van der Waals surface area contributed by atoms with Gasteiger partial charge in [-0.15, -0.1) is 0 Å². The zero-order valence-corrected chi connectivity index (χ0v) is 10.3. The molecule has 0 aromatic heterocycles. The van der Waals surface area contributed by atoms with Crippen LogP contribution in [0.3, 0.4) is 0 Å².